The van der Waals surface area contributed by atoms with E-state index in [1.54, 1.807) is 0 Å². The number of unbranched alkanes of at least 4 members (excludes halogenated alkanes) is 25. The molecule has 1 amide bonds. The van der Waals surface area contributed by atoms with Crippen LogP contribution in [0.25, 0.3) is 0 Å². The van der Waals surface area contributed by atoms with Crippen molar-refractivity contribution in [2.45, 2.75) is 257 Å². The van der Waals surface area contributed by atoms with E-state index in [4.69, 9.17) is 4.74 Å². The number of aliphatic hydroxyl groups is 2. The van der Waals surface area contributed by atoms with Crippen molar-refractivity contribution in [3.8, 4) is 0 Å². The van der Waals surface area contributed by atoms with E-state index in [0.717, 1.165) is 83.5 Å². The predicted molar refractivity (Wildman–Crippen MR) is 291 cm³/mol. The summed E-state index contributed by atoms with van der Waals surface area (Å²) < 4.78 is 5.90. The molecule has 0 aromatic carbocycles. The Kier molecular flexibility index (Phi) is 50.7. The van der Waals surface area contributed by atoms with Crippen molar-refractivity contribution in [3.05, 3.63) is 109 Å². The van der Waals surface area contributed by atoms with Crippen molar-refractivity contribution in [1.82, 2.24) is 5.32 Å². The van der Waals surface area contributed by atoms with Gasteiger partial charge in [0, 0.05) is 6.42 Å². The largest absolute Gasteiger partial charge is 0.462 e. The minimum Gasteiger partial charge on any atom is -0.462 e. The maximum Gasteiger partial charge on any atom is 0.306 e. The molecule has 6 heteroatoms. The molecule has 0 bridgehead atoms. The number of carbonyl (C=O) groups is 2. The average Bonchev–Trinajstić information content (AvgIpc) is 3.32. The molecule has 0 saturated heterocycles. The van der Waals surface area contributed by atoms with Crippen molar-refractivity contribution in [2.24, 2.45) is 0 Å². The minimum atomic E-state index is -0.819. The second-order valence-corrected chi connectivity index (χ2v) is 18.5. The highest BCUT2D eigenvalue weighted by Gasteiger charge is 2.24. The predicted octanol–water partition coefficient (Wildman–Crippen LogP) is 17.1. The van der Waals surface area contributed by atoms with Gasteiger partial charge in [-0.3, -0.25) is 9.59 Å². The number of esters is 1. The fraction of sp³-hybridized carbons (Fsp3) is 0.672. The Balaban J connectivity index is 4.67. The minimum absolute atomic E-state index is 0.0125. The summed E-state index contributed by atoms with van der Waals surface area (Å²) in [6.07, 6.45) is 72.9. The van der Waals surface area contributed by atoms with Gasteiger partial charge in [0.25, 0.3) is 0 Å². The van der Waals surface area contributed by atoms with E-state index in [1.807, 2.05) is 48.6 Å². The van der Waals surface area contributed by atoms with Crippen LogP contribution in [0.5, 0.6) is 0 Å². The first-order valence-electron chi connectivity index (χ1n) is 27.7. The Hall–Kier alpha value is -3.48. The third-order valence-electron chi connectivity index (χ3n) is 12.1. The lowest BCUT2D eigenvalue weighted by molar-refractivity contribution is -0.151. The maximum atomic E-state index is 13.2. The standard InChI is InChI=1S/C61H103NO5/c1-4-7-10-13-16-19-22-25-27-29-31-33-36-39-42-45-48-51-54-61(66)67-57(52-49-46-43-40-37-34-24-21-18-15-12-9-6-3)55-60(65)62-58(56-63)59(64)53-50-47-44-41-38-35-32-30-28-26-23-20-17-14-11-8-5-2/h9,12,15-16,18-19,21-22,24-25,27,29,31,33-34,37,40,43,57-59,63-64H,4-8,10-11,13-14,17,20,23,26,28,30,32,35-36,38-39,41-42,44-56H2,1-3H3,(H,62,65)/b12-9+,18-15+,19-16+,24-21-,25-22+,29-27+,33-31+,37-34-,43-40+. The van der Waals surface area contributed by atoms with Crippen LogP contribution in [-0.2, 0) is 14.3 Å². The number of aliphatic hydroxyl groups excluding tert-OH is 2. The zero-order chi connectivity index (χ0) is 48.8. The first kappa shape index (κ1) is 63.5. The summed E-state index contributed by atoms with van der Waals surface area (Å²) in [5.74, 6) is -0.579. The SMILES string of the molecule is CC/C=C/C=C/C=C\C=C/C=C/CCCC(CC(=O)NC(CO)C(O)CCCCCCCCCCCCCCCCCCC)OC(=O)CCCCCCC/C=C/C=C/C=C/C=C/CCCCC. The summed E-state index contributed by atoms with van der Waals surface area (Å²) in [4.78, 5) is 26.2. The highest BCUT2D eigenvalue weighted by Crippen LogP contribution is 2.17. The average molecular weight is 930 g/mol. The number of carbonyl (C=O) groups excluding carboxylic acids is 2. The summed E-state index contributed by atoms with van der Waals surface area (Å²) in [5, 5.41) is 23.8. The first-order chi connectivity index (χ1) is 33.0. The summed E-state index contributed by atoms with van der Waals surface area (Å²) in [6, 6.07) is -0.738. The molecule has 0 aliphatic rings. The third-order valence-corrected chi connectivity index (χ3v) is 12.1. The Morgan fingerprint density at radius 2 is 0.821 bits per heavy atom. The molecule has 382 valence electrons. The summed E-state index contributed by atoms with van der Waals surface area (Å²) in [5.41, 5.74) is 0. The molecule has 3 unspecified atom stereocenters. The van der Waals surface area contributed by atoms with Crippen LogP contribution < -0.4 is 5.32 Å². The molecule has 0 rings (SSSR count). The van der Waals surface area contributed by atoms with Gasteiger partial charge in [0.15, 0.2) is 0 Å². The zero-order valence-electron chi connectivity index (χ0n) is 43.5. The van der Waals surface area contributed by atoms with E-state index in [-0.39, 0.29) is 24.9 Å². The number of hydrogen-bond donors (Lipinski definition) is 3. The topological polar surface area (TPSA) is 95.9 Å². The monoisotopic (exact) mass is 930 g/mol. The highest BCUT2D eigenvalue weighted by molar-refractivity contribution is 5.77. The van der Waals surface area contributed by atoms with Gasteiger partial charge < -0.3 is 20.3 Å². The Morgan fingerprint density at radius 1 is 0.448 bits per heavy atom. The van der Waals surface area contributed by atoms with Crippen LogP contribution in [0.3, 0.4) is 0 Å². The van der Waals surface area contributed by atoms with Gasteiger partial charge in [-0.05, 0) is 64.2 Å². The molecule has 0 saturated carbocycles. The number of hydrogen-bond acceptors (Lipinski definition) is 5. The Labute approximate surface area is 413 Å². The molecule has 6 nitrogen and oxygen atoms in total. The van der Waals surface area contributed by atoms with Gasteiger partial charge in [0.2, 0.25) is 5.91 Å². The van der Waals surface area contributed by atoms with E-state index in [9.17, 15) is 19.8 Å². The van der Waals surface area contributed by atoms with Gasteiger partial charge in [0.1, 0.15) is 6.10 Å². The number of nitrogens with one attached hydrogen (secondary N) is 1. The van der Waals surface area contributed by atoms with Gasteiger partial charge in [-0.25, -0.2) is 0 Å². The lowest BCUT2D eigenvalue weighted by Crippen LogP contribution is -2.46. The molecule has 3 atom stereocenters. The van der Waals surface area contributed by atoms with E-state index in [1.165, 1.54) is 109 Å². The molecule has 0 aliphatic heterocycles. The molecular formula is C61H103NO5. The van der Waals surface area contributed by atoms with Gasteiger partial charge in [-0.2, -0.15) is 0 Å². The normalized spacial score (nSPS) is 14.0. The summed E-state index contributed by atoms with van der Waals surface area (Å²) in [7, 11) is 0. The van der Waals surface area contributed by atoms with Crippen LogP contribution in [0.2, 0.25) is 0 Å². The van der Waals surface area contributed by atoms with Gasteiger partial charge in [-0.15, -0.1) is 0 Å². The lowest BCUT2D eigenvalue weighted by atomic mass is 10.0. The number of amides is 1. The van der Waals surface area contributed by atoms with Gasteiger partial charge >= 0.3 is 5.97 Å². The maximum absolute atomic E-state index is 13.2. The van der Waals surface area contributed by atoms with Gasteiger partial charge in [-0.1, -0.05) is 271 Å². The fourth-order valence-electron chi connectivity index (χ4n) is 7.88. The van der Waals surface area contributed by atoms with E-state index < -0.39 is 18.2 Å². The van der Waals surface area contributed by atoms with Crippen LogP contribution in [-0.4, -0.2) is 46.9 Å². The first-order valence-corrected chi connectivity index (χ1v) is 27.7. The summed E-state index contributed by atoms with van der Waals surface area (Å²) >= 11 is 0. The molecule has 0 aliphatic carbocycles. The molecule has 67 heavy (non-hydrogen) atoms. The molecule has 0 fully saturated rings. The number of rotatable bonds is 48. The van der Waals surface area contributed by atoms with E-state index >= 15 is 0 Å². The Bertz CT molecular complexity index is 1370. The van der Waals surface area contributed by atoms with Crippen LogP contribution in [0.1, 0.15) is 239 Å². The quantitative estimate of drug-likeness (QED) is 0.0321. The van der Waals surface area contributed by atoms with Crippen molar-refractivity contribution in [2.75, 3.05) is 6.61 Å². The molecule has 0 aromatic rings. The third kappa shape index (κ3) is 48.8. The molecule has 0 aromatic heterocycles. The Morgan fingerprint density at radius 3 is 1.28 bits per heavy atom. The second-order valence-electron chi connectivity index (χ2n) is 18.5. The number of allylic oxidation sites excluding steroid dienone is 18. The highest BCUT2D eigenvalue weighted by atomic mass is 16.5. The van der Waals surface area contributed by atoms with Crippen LogP contribution in [0.15, 0.2) is 109 Å². The fourth-order valence-corrected chi connectivity index (χ4v) is 7.88. The molecule has 0 spiro atoms. The zero-order valence-corrected chi connectivity index (χ0v) is 43.5. The van der Waals surface area contributed by atoms with Crippen molar-refractivity contribution < 1.29 is 24.5 Å². The van der Waals surface area contributed by atoms with Crippen LogP contribution >= 0.6 is 0 Å². The molecule has 0 radical (unpaired) electrons. The van der Waals surface area contributed by atoms with Crippen molar-refractivity contribution in [3.63, 3.8) is 0 Å². The summed E-state index contributed by atoms with van der Waals surface area (Å²) in [6.45, 7) is 6.28. The van der Waals surface area contributed by atoms with E-state index in [2.05, 4.69) is 86.8 Å². The molecular weight excluding hydrogens is 827 g/mol. The van der Waals surface area contributed by atoms with Crippen molar-refractivity contribution in [1.29, 1.82) is 0 Å². The molecule has 3 N–H and O–H groups in total. The van der Waals surface area contributed by atoms with Crippen LogP contribution in [0.4, 0.5) is 0 Å². The van der Waals surface area contributed by atoms with Crippen molar-refractivity contribution >= 4 is 11.9 Å². The lowest BCUT2D eigenvalue weighted by Gasteiger charge is -2.24. The van der Waals surface area contributed by atoms with Crippen LogP contribution in [0, 0.1) is 0 Å². The number of ether oxygens (including phenoxy) is 1. The van der Waals surface area contributed by atoms with E-state index in [0.29, 0.717) is 19.3 Å². The van der Waals surface area contributed by atoms with Gasteiger partial charge in [0.05, 0.1) is 25.2 Å². The molecule has 0 heterocycles. The second kappa shape index (κ2) is 53.5. The smallest absolute Gasteiger partial charge is 0.306 e.